The maximum atomic E-state index is 3.38. The van der Waals surface area contributed by atoms with Crippen LogP contribution in [0.4, 0.5) is 11.4 Å². The molecule has 0 aliphatic carbocycles. The molecule has 0 radical (unpaired) electrons. The molecule has 0 amide bonds. The highest BCUT2D eigenvalue weighted by Crippen LogP contribution is 2.25. The monoisotopic (exact) mass is 268 g/mol. The topological polar surface area (TPSA) is 15.3 Å². The number of aryl methyl sites for hydroxylation is 2. The van der Waals surface area contributed by atoms with Gasteiger partial charge in [0.1, 0.15) is 0 Å². The van der Waals surface area contributed by atoms with Gasteiger partial charge in [0.15, 0.2) is 0 Å². The van der Waals surface area contributed by atoms with Crippen molar-refractivity contribution >= 4 is 11.4 Å². The average Bonchev–Trinajstić information content (AvgIpc) is 2.46. The van der Waals surface area contributed by atoms with E-state index in [-0.39, 0.29) is 0 Å². The lowest BCUT2D eigenvalue weighted by molar-refractivity contribution is 0.723. The Morgan fingerprint density at radius 3 is 2.20 bits per heavy atom. The van der Waals surface area contributed by atoms with Gasteiger partial charge in [-0.1, -0.05) is 30.7 Å². The Balaban J connectivity index is 2.20. The Bertz CT molecular complexity index is 558. The first kappa shape index (κ1) is 14.6. The fraction of sp³-hybridized carbons (Fsp3) is 0.333. The molecule has 0 saturated heterocycles. The molecule has 0 aliphatic heterocycles. The number of hydrogen-bond donors (Lipinski definition) is 1. The summed E-state index contributed by atoms with van der Waals surface area (Å²) in [5.41, 5.74) is 6.44. The van der Waals surface area contributed by atoms with Crippen LogP contribution in [0.5, 0.6) is 0 Å². The lowest BCUT2D eigenvalue weighted by Crippen LogP contribution is -2.14. The molecule has 0 unspecified atom stereocenters. The van der Waals surface area contributed by atoms with Crippen LogP contribution >= 0.6 is 0 Å². The number of hydrogen-bond acceptors (Lipinski definition) is 2. The van der Waals surface area contributed by atoms with E-state index in [1.165, 1.54) is 28.1 Å². The minimum absolute atomic E-state index is 0.941. The minimum Gasteiger partial charge on any atom is -0.345 e. The molecule has 2 aromatic rings. The van der Waals surface area contributed by atoms with Crippen molar-refractivity contribution in [2.45, 2.75) is 27.3 Å². The van der Waals surface area contributed by atoms with E-state index in [4.69, 9.17) is 0 Å². The molecule has 0 atom stereocenters. The molecule has 0 bridgehead atoms. The summed E-state index contributed by atoms with van der Waals surface area (Å²) in [5.74, 6) is 0. The first-order valence-electron chi connectivity index (χ1n) is 7.22. The summed E-state index contributed by atoms with van der Waals surface area (Å²) in [6.45, 7) is 8.37. The standard InChI is InChI=1S/C18H24N2/c1-5-19-13-16-8-11-18(12-15(16)3)20(4)17-9-6-14(2)7-10-17/h6-12,19H,5,13H2,1-4H3. The van der Waals surface area contributed by atoms with Crippen LogP contribution in [0, 0.1) is 13.8 Å². The van der Waals surface area contributed by atoms with Crippen molar-refractivity contribution in [1.29, 1.82) is 0 Å². The first-order chi connectivity index (χ1) is 9.61. The molecule has 0 saturated carbocycles. The Morgan fingerprint density at radius 1 is 0.950 bits per heavy atom. The highest BCUT2D eigenvalue weighted by atomic mass is 15.1. The smallest absolute Gasteiger partial charge is 0.0410 e. The second-order valence-electron chi connectivity index (χ2n) is 5.29. The van der Waals surface area contributed by atoms with Gasteiger partial charge in [-0.25, -0.2) is 0 Å². The van der Waals surface area contributed by atoms with Gasteiger partial charge in [-0.05, 0) is 55.8 Å². The van der Waals surface area contributed by atoms with E-state index in [2.05, 4.69) is 80.5 Å². The second kappa shape index (κ2) is 6.58. The molecule has 2 heteroatoms. The van der Waals surface area contributed by atoms with E-state index in [9.17, 15) is 0 Å². The van der Waals surface area contributed by atoms with E-state index < -0.39 is 0 Å². The first-order valence-corrected chi connectivity index (χ1v) is 7.22. The van der Waals surface area contributed by atoms with E-state index in [0.717, 1.165) is 13.1 Å². The van der Waals surface area contributed by atoms with Gasteiger partial charge < -0.3 is 10.2 Å². The van der Waals surface area contributed by atoms with Crippen LogP contribution in [0.25, 0.3) is 0 Å². The molecule has 2 rings (SSSR count). The predicted octanol–water partition coefficient (Wildman–Crippen LogP) is 4.18. The lowest BCUT2D eigenvalue weighted by Gasteiger charge is -2.21. The second-order valence-corrected chi connectivity index (χ2v) is 5.29. The number of nitrogens with one attached hydrogen (secondary N) is 1. The van der Waals surface area contributed by atoms with Crippen molar-refractivity contribution < 1.29 is 0 Å². The van der Waals surface area contributed by atoms with Gasteiger partial charge in [0.05, 0.1) is 0 Å². The molecule has 2 nitrogen and oxygen atoms in total. The highest BCUT2D eigenvalue weighted by molar-refractivity contribution is 5.63. The van der Waals surface area contributed by atoms with Gasteiger partial charge in [0.25, 0.3) is 0 Å². The quantitative estimate of drug-likeness (QED) is 0.875. The molecular weight excluding hydrogens is 244 g/mol. The molecular formula is C18H24N2. The third-order valence-corrected chi connectivity index (χ3v) is 3.70. The number of anilines is 2. The van der Waals surface area contributed by atoms with Crippen LogP contribution in [0.3, 0.4) is 0 Å². The number of benzene rings is 2. The zero-order chi connectivity index (χ0) is 14.5. The molecule has 20 heavy (non-hydrogen) atoms. The zero-order valence-corrected chi connectivity index (χ0v) is 12.9. The molecule has 0 spiro atoms. The van der Waals surface area contributed by atoms with Gasteiger partial charge in [-0.2, -0.15) is 0 Å². The Hall–Kier alpha value is -1.80. The lowest BCUT2D eigenvalue weighted by atomic mass is 10.1. The Labute approximate surface area is 122 Å². The highest BCUT2D eigenvalue weighted by Gasteiger charge is 2.06. The molecule has 0 heterocycles. The van der Waals surface area contributed by atoms with Crippen molar-refractivity contribution in [1.82, 2.24) is 5.32 Å². The molecule has 0 fully saturated rings. The van der Waals surface area contributed by atoms with Crippen molar-refractivity contribution in [2.24, 2.45) is 0 Å². The van der Waals surface area contributed by atoms with Crippen molar-refractivity contribution in [3.8, 4) is 0 Å². The maximum absolute atomic E-state index is 3.38. The van der Waals surface area contributed by atoms with E-state index in [0.29, 0.717) is 0 Å². The van der Waals surface area contributed by atoms with Crippen molar-refractivity contribution in [3.05, 3.63) is 59.2 Å². The number of nitrogens with zero attached hydrogens (tertiary/aromatic N) is 1. The van der Waals surface area contributed by atoms with Crippen molar-refractivity contribution in [2.75, 3.05) is 18.5 Å². The van der Waals surface area contributed by atoms with Gasteiger partial charge >= 0.3 is 0 Å². The van der Waals surface area contributed by atoms with Crippen LogP contribution in [-0.4, -0.2) is 13.6 Å². The minimum atomic E-state index is 0.941. The predicted molar refractivity (Wildman–Crippen MR) is 87.8 cm³/mol. The van der Waals surface area contributed by atoms with Crippen LogP contribution < -0.4 is 10.2 Å². The van der Waals surface area contributed by atoms with Crippen molar-refractivity contribution in [3.63, 3.8) is 0 Å². The van der Waals surface area contributed by atoms with E-state index in [1.807, 2.05) is 0 Å². The normalized spacial score (nSPS) is 10.6. The SMILES string of the molecule is CCNCc1ccc(N(C)c2ccc(C)cc2)cc1C. The largest absolute Gasteiger partial charge is 0.345 e. The van der Waals surface area contributed by atoms with Gasteiger partial charge in [0.2, 0.25) is 0 Å². The van der Waals surface area contributed by atoms with E-state index >= 15 is 0 Å². The summed E-state index contributed by atoms with van der Waals surface area (Å²) >= 11 is 0. The van der Waals surface area contributed by atoms with Gasteiger partial charge in [0, 0.05) is 25.0 Å². The molecule has 106 valence electrons. The summed E-state index contributed by atoms with van der Waals surface area (Å²) in [5, 5.41) is 3.38. The fourth-order valence-electron chi connectivity index (χ4n) is 2.26. The summed E-state index contributed by atoms with van der Waals surface area (Å²) in [7, 11) is 2.11. The molecule has 2 aromatic carbocycles. The fourth-order valence-corrected chi connectivity index (χ4v) is 2.26. The average molecular weight is 268 g/mol. The third kappa shape index (κ3) is 3.40. The maximum Gasteiger partial charge on any atom is 0.0410 e. The Kier molecular flexibility index (Phi) is 4.80. The Morgan fingerprint density at radius 2 is 1.60 bits per heavy atom. The summed E-state index contributed by atoms with van der Waals surface area (Å²) in [6, 6.07) is 15.3. The molecule has 0 aromatic heterocycles. The number of rotatable bonds is 5. The van der Waals surface area contributed by atoms with Gasteiger partial charge in [-0.15, -0.1) is 0 Å². The zero-order valence-electron chi connectivity index (χ0n) is 12.9. The summed E-state index contributed by atoms with van der Waals surface area (Å²) < 4.78 is 0. The van der Waals surface area contributed by atoms with E-state index in [1.54, 1.807) is 0 Å². The third-order valence-electron chi connectivity index (χ3n) is 3.70. The van der Waals surface area contributed by atoms with Gasteiger partial charge in [-0.3, -0.25) is 0 Å². The molecule has 0 aliphatic rings. The van der Waals surface area contributed by atoms with Crippen LogP contribution in [0.15, 0.2) is 42.5 Å². The summed E-state index contributed by atoms with van der Waals surface area (Å²) in [6.07, 6.45) is 0. The van der Waals surface area contributed by atoms with Crippen LogP contribution in [-0.2, 0) is 6.54 Å². The molecule has 1 N–H and O–H groups in total. The summed E-state index contributed by atoms with van der Waals surface area (Å²) in [4.78, 5) is 2.23. The van der Waals surface area contributed by atoms with Crippen LogP contribution in [0.1, 0.15) is 23.6 Å². The van der Waals surface area contributed by atoms with Crippen LogP contribution in [0.2, 0.25) is 0 Å².